The van der Waals surface area contributed by atoms with Gasteiger partial charge in [-0.15, -0.1) is 24.0 Å². The summed E-state index contributed by atoms with van der Waals surface area (Å²) in [6, 6.07) is 15.5. The van der Waals surface area contributed by atoms with Crippen molar-refractivity contribution in [2.75, 3.05) is 47.2 Å². The third-order valence-corrected chi connectivity index (χ3v) is 5.71. The third-order valence-electron chi connectivity index (χ3n) is 4.33. The summed E-state index contributed by atoms with van der Waals surface area (Å²) in [5.41, 5.74) is 1.16. The van der Waals surface area contributed by atoms with Crippen LogP contribution in [0.1, 0.15) is 5.56 Å². The maximum Gasteiger partial charge on any atom is 0.193 e. The molecule has 0 aliphatic rings. The fraction of sp³-hybridized carbons (Fsp3) is 0.381. The number of nitrogens with zero attached hydrogens (tertiary/aromatic N) is 2. The Morgan fingerprint density at radius 1 is 1.10 bits per heavy atom. The van der Waals surface area contributed by atoms with E-state index >= 15 is 0 Å². The summed E-state index contributed by atoms with van der Waals surface area (Å²) in [6.07, 6.45) is 0.841. The molecule has 2 rings (SSSR count). The Hall–Kier alpha value is -1.81. The fourth-order valence-electron chi connectivity index (χ4n) is 2.77. The molecule has 0 aliphatic carbocycles. The minimum atomic E-state index is -1.02. The highest BCUT2D eigenvalue weighted by Gasteiger charge is 2.09. The van der Waals surface area contributed by atoms with Crippen LogP contribution in [0.25, 0.3) is 0 Å². The van der Waals surface area contributed by atoms with Crippen LogP contribution in [0.4, 0.5) is 0 Å². The van der Waals surface area contributed by atoms with Gasteiger partial charge in [0.2, 0.25) is 0 Å². The summed E-state index contributed by atoms with van der Waals surface area (Å²) in [7, 11) is 5.99. The van der Waals surface area contributed by atoms with Crippen LogP contribution in [0.3, 0.4) is 0 Å². The molecule has 0 spiro atoms. The van der Waals surface area contributed by atoms with Gasteiger partial charge in [-0.3, -0.25) is 9.20 Å². The molecule has 8 heteroatoms. The molecule has 0 bridgehead atoms. The molecule has 0 radical (unpaired) electrons. The molecular formula is C21H30IN3O3S. The molecule has 2 aromatic rings. The number of benzene rings is 2. The van der Waals surface area contributed by atoms with Crippen molar-refractivity contribution in [2.45, 2.75) is 11.3 Å². The highest BCUT2D eigenvalue weighted by atomic mass is 127. The number of aliphatic imine (C=N–C) groups is 1. The quantitative estimate of drug-likeness (QED) is 0.306. The van der Waals surface area contributed by atoms with Gasteiger partial charge in [0.15, 0.2) is 17.5 Å². The van der Waals surface area contributed by atoms with Gasteiger partial charge in [0.25, 0.3) is 0 Å². The SMILES string of the molecule is CN=C(NCCS(=O)c1ccccc1)N(C)CCc1ccc(OC)c(OC)c1.I. The molecule has 6 nitrogen and oxygen atoms in total. The Morgan fingerprint density at radius 2 is 1.79 bits per heavy atom. The van der Waals surface area contributed by atoms with Crippen LogP contribution >= 0.6 is 24.0 Å². The molecule has 1 atom stereocenters. The van der Waals surface area contributed by atoms with Crippen molar-refractivity contribution in [3.8, 4) is 11.5 Å². The Labute approximate surface area is 193 Å². The van der Waals surface area contributed by atoms with E-state index in [1.165, 1.54) is 0 Å². The van der Waals surface area contributed by atoms with Crippen LogP contribution in [0.5, 0.6) is 11.5 Å². The zero-order valence-electron chi connectivity index (χ0n) is 17.4. The second-order valence-electron chi connectivity index (χ2n) is 6.20. The van der Waals surface area contributed by atoms with Crippen LogP contribution < -0.4 is 14.8 Å². The number of methoxy groups -OCH3 is 2. The number of ether oxygens (including phenoxy) is 2. The van der Waals surface area contributed by atoms with Crippen LogP contribution in [0.15, 0.2) is 58.4 Å². The van der Waals surface area contributed by atoms with Gasteiger partial charge in [-0.05, 0) is 36.2 Å². The van der Waals surface area contributed by atoms with Gasteiger partial charge >= 0.3 is 0 Å². The first kappa shape index (κ1) is 25.2. The first-order valence-corrected chi connectivity index (χ1v) is 10.5. The Kier molecular flexibility index (Phi) is 11.7. The zero-order chi connectivity index (χ0) is 20.4. The highest BCUT2D eigenvalue weighted by Crippen LogP contribution is 2.27. The zero-order valence-corrected chi connectivity index (χ0v) is 20.5. The first-order valence-electron chi connectivity index (χ1n) is 9.15. The fourth-order valence-corrected chi connectivity index (χ4v) is 3.75. The largest absolute Gasteiger partial charge is 0.493 e. The number of rotatable bonds is 9. The van der Waals surface area contributed by atoms with E-state index in [0.29, 0.717) is 12.3 Å². The van der Waals surface area contributed by atoms with Crippen molar-refractivity contribution in [3.05, 3.63) is 54.1 Å². The van der Waals surface area contributed by atoms with Crippen LogP contribution in [0.2, 0.25) is 0 Å². The summed E-state index contributed by atoms with van der Waals surface area (Å²) in [4.78, 5) is 7.22. The molecule has 0 aliphatic heterocycles. The molecule has 0 heterocycles. The minimum absolute atomic E-state index is 0. The van der Waals surface area contributed by atoms with E-state index in [-0.39, 0.29) is 24.0 Å². The second-order valence-corrected chi connectivity index (χ2v) is 7.77. The van der Waals surface area contributed by atoms with Crippen molar-refractivity contribution in [1.29, 1.82) is 0 Å². The molecule has 1 N–H and O–H groups in total. The van der Waals surface area contributed by atoms with Crippen LogP contribution in [-0.4, -0.2) is 62.2 Å². The topological polar surface area (TPSA) is 63.2 Å². The number of hydrogen-bond donors (Lipinski definition) is 1. The summed E-state index contributed by atoms with van der Waals surface area (Å²) in [6.45, 7) is 1.38. The average molecular weight is 531 g/mol. The van der Waals surface area contributed by atoms with E-state index < -0.39 is 10.8 Å². The van der Waals surface area contributed by atoms with Gasteiger partial charge in [-0.2, -0.15) is 0 Å². The van der Waals surface area contributed by atoms with E-state index in [0.717, 1.165) is 40.9 Å². The van der Waals surface area contributed by atoms with Gasteiger partial charge < -0.3 is 19.7 Å². The van der Waals surface area contributed by atoms with Gasteiger partial charge in [0, 0.05) is 37.8 Å². The van der Waals surface area contributed by atoms with Crippen molar-refractivity contribution >= 4 is 40.7 Å². The van der Waals surface area contributed by atoms with Gasteiger partial charge in [0.05, 0.1) is 25.0 Å². The maximum atomic E-state index is 12.3. The van der Waals surface area contributed by atoms with Crippen LogP contribution in [0, 0.1) is 0 Å². The normalized spacial score (nSPS) is 11.9. The second kappa shape index (κ2) is 13.4. The summed E-state index contributed by atoms with van der Waals surface area (Å²) in [5.74, 6) is 2.77. The molecule has 0 saturated carbocycles. The number of guanidine groups is 1. The number of hydrogen-bond acceptors (Lipinski definition) is 4. The lowest BCUT2D eigenvalue weighted by atomic mass is 10.1. The maximum absolute atomic E-state index is 12.3. The molecule has 0 saturated heterocycles. The standard InChI is InChI=1S/C21H29N3O3S.HI/c1-22-21(23-13-15-28(25)18-8-6-5-7-9-18)24(2)14-12-17-10-11-19(26-3)20(16-17)27-4;/h5-11,16H,12-15H2,1-4H3,(H,22,23);1H. The smallest absolute Gasteiger partial charge is 0.193 e. The predicted octanol–water partition coefficient (Wildman–Crippen LogP) is 3.18. The van der Waals surface area contributed by atoms with Crippen LogP contribution in [-0.2, 0) is 17.2 Å². The van der Waals surface area contributed by atoms with Gasteiger partial charge in [0.1, 0.15) is 0 Å². The lowest BCUT2D eigenvalue weighted by Gasteiger charge is -2.22. The van der Waals surface area contributed by atoms with Gasteiger partial charge in [-0.25, -0.2) is 0 Å². The van der Waals surface area contributed by atoms with Gasteiger partial charge in [-0.1, -0.05) is 24.3 Å². The third kappa shape index (κ3) is 7.85. The lowest BCUT2D eigenvalue weighted by molar-refractivity contribution is 0.354. The highest BCUT2D eigenvalue weighted by molar-refractivity contribution is 14.0. The van der Waals surface area contributed by atoms with E-state index in [9.17, 15) is 4.21 Å². The first-order chi connectivity index (χ1) is 13.6. The van der Waals surface area contributed by atoms with E-state index in [1.807, 2.05) is 55.6 Å². The number of halogens is 1. The molecule has 0 aromatic heterocycles. The monoisotopic (exact) mass is 531 g/mol. The molecule has 160 valence electrons. The van der Waals surface area contributed by atoms with E-state index in [2.05, 4.69) is 15.2 Å². The molecule has 1 unspecified atom stereocenters. The van der Waals surface area contributed by atoms with Crippen molar-refractivity contribution in [2.24, 2.45) is 4.99 Å². The van der Waals surface area contributed by atoms with Crippen molar-refractivity contribution in [3.63, 3.8) is 0 Å². The van der Waals surface area contributed by atoms with Crippen molar-refractivity contribution < 1.29 is 13.7 Å². The average Bonchev–Trinajstić information content (AvgIpc) is 2.75. The summed E-state index contributed by atoms with van der Waals surface area (Å²) in [5, 5.41) is 3.29. The molecule has 2 aromatic carbocycles. The van der Waals surface area contributed by atoms with Crippen molar-refractivity contribution in [1.82, 2.24) is 10.2 Å². The Balaban J connectivity index is 0.00000420. The lowest BCUT2D eigenvalue weighted by Crippen LogP contribution is -2.41. The van der Waals surface area contributed by atoms with E-state index in [1.54, 1.807) is 21.3 Å². The van der Waals surface area contributed by atoms with E-state index in [4.69, 9.17) is 9.47 Å². The number of nitrogens with one attached hydrogen (secondary N) is 1. The molecule has 29 heavy (non-hydrogen) atoms. The molecule has 0 amide bonds. The Morgan fingerprint density at radius 3 is 2.41 bits per heavy atom. The Bertz CT molecular complexity index is 803. The minimum Gasteiger partial charge on any atom is -0.493 e. The molecule has 0 fully saturated rings. The summed E-state index contributed by atoms with van der Waals surface area (Å²) < 4.78 is 22.9. The summed E-state index contributed by atoms with van der Waals surface area (Å²) >= 11 is 0. The predicted molar refractivity (Wildman–Crippen MR) is 130 cm³/mol. The molecular weight excluding hydrogens is 501 g/mol. The number of likely N-dealkylation sites (N-methyl/N-ethyl adjacent to an activating group) is 1.